The Kier molecular flexibility index (Phi) is 6.25. The predicted octanol–water partition coefficient (Wildman–Crippen LogP) is 4.71. The van der Waals surface area contributed by atoms with Crippen LogP contribution in [0.3, 0.4) is 0 Å². The zero-order valence-electron chi connectivity index (χ0n) is 17.1. The minimum absolute atomic E-state index is 0.130. The first-order valence-electron chi connectivity index (χ1n) is 9.47. The molecule has 0 bridgehead atoms. The first kappa shape index (κ1) is 22.0. The Bertz CT molecular complexity index is 1310. The Hall–Kier alpha value is -3.23. The molecule has 164 valence electrons. The average Bonchev–Trinajstić information content (AvgIpc) is 3.21. The minimum Gasteiger partial charge on any atom is -0.480 e. The molecule has 0 spiro atoms. The number of carbonyl (C=O) groups excluding carboxylic acids is 1. The van der Waals surface area contributed by atoms with Crippen molar-refractivity contribution in [1.82, 2.24) is 20.0 Å². The summed E-state index contributed by atoms with van der Waals surface area (Å²) in [4.78, 5) is 16.6. The van der Waals surface area contributed by atoms with E-state index in [1.807, 2.05) is 0 Å². The van der Waals surface area contributed by atoms with Crippen LogP contribution >= 0.6 is 23.2 Å². The Morgan fingerprint density at radius 3 is 2.72 bits per heavy atom. The van der Waals surface area contributed by atoms with E-state index in [1.165, 1.54) is 20.3 Å². The fourth-order valence-corrected chi connectivity index (χ4v) is 3.91. The predicted molar refractivity (Wildman–Crippen MR) is 118 cm³/mol. The molecule has 0 atom stereocenters. The van der Waals surface area contributed by atoms with Crippen LogP contribution in [0.1, 0.15) is 27.2 Å². The molecular weight excluding hydrogens is 458 g/mol. The van der Waals surface area contributed by atoms with Gasteiger partial charge in [-0.1, -0.05) is 34.5 Å². The van der Waals surface area contributed by atoms with Gasteiger partial charge in [-0.3, -0.25) is 0 Å². The van der Waals surface area contributed by atoms with Crippen molar-refractivity contribution in [2.75, 3.05) is 14.2 Å². The van der Waals surface area contributed by atoms with Crippen LogP contribution in [0.2, 0.25) is 10.0 Å². The van der Waals surface area contributed by atoms with Crippen molar-refractivity contribution in [1.29, 1.82) is 0 Å². The van der Waals surface area contributed by atoms with E-state index in [0.29, 0.717) is 37.8 Å². The van der Waals surface area contributed by atoms with Gasteiger partial charge in [-0.25, -0.2) is 18.9 Å². The van der Waals surface area contributed by atoms with Gasteiger partial charge in [0.05, 0.1) is 38.2 Å². The summed E-state index contributed by atoms with van der Waals surface area (Å²) in [6.07, 6.45) is 1.76. The summed E-state index contributed by atoms with van der Waals surface area (Å²) in [7, 11) is 2.70. The van der Waals surface area contributed by atoms with E-state index in [0.717, 1.165) is 0 Å². The van der Waals surface area contributed by atoms with E-state index < -0.39 is 11.8 Å². The third kappa shape index (κ3) is 4.24. The second-order valence-corrected chi connectivity index (χ2v) is 7.78. The topological polar surface area (TPSA) is 79.1 Å². The van der Waals surface area contributed by atoms with Crippen molar-refractivity contribution in [2.24, 2.45) is 0 Å². The maximum absolute atomic E-state index is 14.3. The maximum Gasteiger partial charge on any atom is 0.343 e. The first-order chi connectivity index (χ1) is 15.4. The Labute approximate surface area is 192 Å². The Balaban J connectivity index is 1.76. The second-order valence-electron chi connectivity index (χ2n) is 6.93. The third-order valence-corrected chi connectivity index (χ3v) is 5.54. The minimum atomic E-state index is -0.571. The fraction of sp³-hybridized carbons (Fsp3) is 0.182. The summed E-state index contributed by atoms with van der Waals surface area (Å²) < 4.78 is 26.0. The van der Waals surface area contributed by atoms with Gasteiger partial charge in [-0.2, -0.15) is 0 Å². The highest BCUT2D eigenvalue weighted by Gasteiger charge is 2.19. The summed E-state index contributed by atoms with van der Waals surface area (Å²) in [6.45, 7) is 0.256. The van der Waals surface area contributed by atoms with Crippen molar-refractivity contribution >= 4 is 40.1 Å². The highest BCUT2D eigenvalue weighted by atomic mass is 35.5. The Morgan fingerprint density at radius 1 is 1.19 bits per heavy atom. The number of nitrogens with zero attached hydrogens (tertiary/aromatic N) is 4. The largest absolute Gasteiger partial charge is 0.480 e. The molecule has 4 aromatic rings. The van der Waals surface area contributed by atoms with Crippen LogP contribution in [0.25, 0.3) is 10.9 Å². The van der Waals surface area contributed by atoms with Crippen LogP contribution in [0, 0.1) is 5.82 Å². The molecule has 0 radical (unpaired) electrons. The average molecular weight is 475 g/mol. The van der Waals surface area contributed by atoms with Gasteiger partial charge < -0.3 is 9.47 Å². The molecule has 0 aliphatic carbocycles. The van der Waals surface area contributed by atoms with Crippen molar-refractivity contribution in [3.63, 3.8) is 0 Å². The molecule has 4 rings (SSSR count). The molecular formula is C22H17Cl2FN4O3. The molecule has 2 heterocycles. The molecule has 10 heteroatoms. The number of rotatable bonds is 6. The monoisotopic (exact) mass is 474 g/mol. The van der Waals surface area contributed by atoms with Gasteiger partial charge in [0.15, 0.2) is 0 Å². The molecule has 2 aromatic carbocycles. The van der Waals surface area contributed by atoms with E-state index in [1.54, 1.807) is 41.2 Å². The number of methoxy groups -OCH3 is 2. The fourth-order valence-electron chi connectivity index (χ4n) is 3.43. The number of halogens is 3. The number of aromatic nitrogens is 4. The number of ether oxygens (including phenoxy) is 2. The third-order valence-electron chi connectivity index (χ3n) is 4.96. The highest BCUT2D eigenvalue weighted by Crippen LogP contribution is 2.29. The Morgan fingerprint density at radius 2 is 2.00 bits per heavy atom. The summed E-state index contributed by atoms with van der Waals surface area (Å²) in [6, 6.07) is 9.60. The molecule has 0 saturated heterocycles. The lowest BCUT2D eigenvalue weighted by Crippen LogP contribution is -2.10. The van der Waals surface area contributed by atoms with Gasteiger partial charge in [0.2, 0.25) is 5.88 Å². The highest BCUT2D eigenvalue weighted by molar-refractivity contribution is 6.31. The molecule has 0 aliphatic heterocycles. The SMILES string of the molecule is COC(=O)c1cc2cc(Cl)cc(Cn3nncc3Cc3c(F)cccc3Cl)c2nc1OC. The van der Waals surface area contributed by atoms with E-state index >= 15 is 0 Å². The van der Waals surface area contributed by atoms with Crippen LogP contribution in [0.15, 0.2) is 42.6 Å². The van der Waals surface area contributed by atoms with Crippen LogP contribution in [0.4, 0.5) is 4.39 Å². The molecule has 0 unspecified atom stereocenters. The lowest BCUT2D eigenvalue weighted by Gasteiger charge is -2.13. The normalized spacial score (nSPS) is 11.0. The molecule has 0 aliphatic rings. The molecule has 32 heavy (non-hydrogen) atoms. The molecule has 2 aromatic heterocycles. The van der Waals surface area contributed by atoms with Gasteiger partial charge >= 0.3 is 5.97 Å². The zero-order valence-corrected chi connectivity index (χ0v) is 18.6. The van der Waals surface area contributed by atoms with Gasteiger partial charge in [-0.15, -0.1) is 5.10 Å². The number of hydrogen-bond donors (Lipinski definition) is 0. The number of fused-ring (bicyclic) bond motifs is 1. The molecule has 0 N–H and O–H groups in total. The second kappa shape index (κ2) is 9.10. The van der Waals surface area contributed by atoms with Gasteiger partial charge in [0.1, 0.15) is 11.4 Å². The van der Waals surface area contributed by atoms with Gasteiger partial charge in [0.25, 0.3) is 0 Å². The summed E-state index contributed by atoms with van der Waals surface area (Å²) in [5.41, 5.74) is 2.49. The van der Waals surface area contributed by atoms with Crippen LogP contribution in [-0.2, 0) is 17.7 Å². The quantitative estimate of drug-likeness (QED) is 0.376. The molecule has 7 nitrogen and oxygen atoms in total. The lowest BCUT2D eigenvalue weighted by atomic mass is 10.1. The number of benzene rings is 2. The summed E-state index contributed by atoms with van der Waals surface area (Å²) >= 11 is 12.5. The zero-order chi connectivity index (χ0) is 22.8. The number of esters is 1. The maximum atomic E-state index is 14.3. The first-order valence-corrected chi connectivity index (χ1v) is 10.2. The van der Waals surface area contributed by atoms with E-state index in [9.17, 15) is 9.18 Å². The summed E-state index contributed by atoms with van der Waals surface area (Å²) in [5, 5.41) is 9.51. The number of carbonyl (C=O) groups is 1. The molecule has 0 fully saturated rings. The van der Waals surface area contributed by atoms with Crippen LogP contribution < -0.4 is 4.74 Å². The molecule has 0 saturated carbocycles. The lowest BCUT2D eigenvalue weighted by molar-refractivity contribution is 0.0596. The van der Waals surface area contributed by atoms with Crippen molar-refractivity contribution < 1.29 is 18.7 Å². The van der Waals surface area contributed by atoms with Crippen molar-refractivity contribution in [2.45, 2.75) is 13.0 Å². The molecule has 0 amide bonds. The van der Waals surface area contributed by atoms with E-state index in [4.69, 9.17) is 32.7 Å². The standard InChI is InChI=1S/C22H17Cl2FN4O3/c1-31-21-17(22(30)32-2)8-12-6-14(23)7-13(20(12)27-21)11-29-15(10-26-28-29)9-16-18(24)4-3-5-19(16)25/h3-8,10H,9,11H2,1-2H3. The van der Waals surface area contributed by atoms with E-state index in [2.05, 4.69) is 15.3 Å². The van der Waals surface area contributed by atoms with Crippen molar-refractivity contribution in [3.05, 3.63) is 80.8 Å². The number of pyridine rings is 1. The number of hydrogen-bond acceptors (Lipinski definition) is 6. The smallest absolute Gasteiger partial charge is 0.343 e. The van der Waals surface area contributed by atoms with Crippen LogP contribution in [-0.4, -0.2) is 40.2 Å². The van der Waals surface area contributed by atoms with E-state index in [-0.39, 0.29) is 24.4 Å². The van der Waals surface area contributed by atoms with Crippen LogP contribution in [0.5, 0.6) is 5.88 Å². The van der Waals surface area contributed by atoms with Gasteiger partial charge in [0, 0.05) is 33.0 Å². The van der Waals surface area contributed by atoms with Gasteiger partial charge in [-0.05, 0) is 30.3 Å². The van der Waals surface area contributed by atoms with Crippen molar-refractivity contribution in [3.8, 4) is 5.88 Å². The summed E-state index contributed by atoms with van der Waals surface area (Å²) in [5.74, 6) is -0.844.